The molecule has 0 N–H and O–H groups in total. The number of Topliss-reactive ketones (excluding diaryl/α,β-unsaturated/α-hetero) is 1. The average molecular weight is 401 g/mol. The molecule has 0 amide bonds. The van der Waals surface area contributed by atoms with Crippen LogP contribution >= 0.6 is 0 Å². The number of piperidine rings is 1. The van der Waals surface area contributed by atoms with Gasteiger partial charge in [-0.3, -0.25) is 9.69 Å². The highest BCUT2D eigenvalue weighted by molar-refractivity contribution is 6.14. The van der Waals surface area contributed by atoms with Crippen molar-refractivity contribution in [3.05, 3.63) is 118 Å². The largest absolute Gasteiger partial charge is 0.290 e. The van der Waals surface area contributed by atoms with Crippen LogP contribution in [-0.2, 0) is 11.3 Å². The van der Waals surface area contributed by atoms with E-state index in [2.05, 4.69) is 4.90 Å². The summed E-state index contributed by atoms with van der Waals surface area (Å²) in [5.74, 6) is -0.930. The summed E-state index contributed by atoms with van der Waals surface area (Å²) >= 11 is 0. The molecule has 0 atom stereocenters. The molecule has 1 saturated heterocycles. The van der Waals surface area contributed by atoms with Crippen molar-refractivity contribution in [1.29, 1.82) is 0 Å². The van der Waals surface area contributed by atoms with Crippen LogP contribution in [0.25, 0.3) is 12.2 Å². The van der Waals surface area contributed by atoms with Gasteiger partial charge in [0.05, 0.1) is 0 Å². The number of hydrogen-bond acceptors (Lipinski definition) is 2. The SMILES string of the molecule is O=C1/C(=C\c2ccccc2F)CN(Cc2ccccc2)C/C1=C\c1ccccc1F. The Morgan fingerprint density at radius 2 is 1.17 bits per heavy atom. The number of halogens is 2. The Bertz CT molecular complexity index is 1050. The Morgan fingerprint density at radius 1 is 0.700 bits per heavy atom. The number of hydrogen-bond donors (Lipinski definition) is 0. The minimum absolute atomic E-state index is 0.175. The van der Waals surface area contributed by atoms with Gasteiger partial charge >= 0.3 is 0 Å². The lowest BCUT2D eigenvalue weighted by atomic mass is 9.93. The molecule has 3 aromatic rings. The topological polar surface area (TPSA) is 20.3 Å². The minimum Gasteiger partial charge on any atom is -0.290 e. The molecule has 1 fully saturated rings. The van der Waals surface area contributed by atoms with Crippen LogP contribution in [-0.4, -0.2) is 23.8 Å². The van der Waals surface area contributed by atoms with E-state index in [9.17, 15) is 13.6 Å². The molecule has 0 bridgehead atoms. The van der Waals surface area contributed by atoms with Gasteiger partial charge in [-0.1, -0.05) is 66.7 Å². The Morgan fingerprint density at radius 3 is 1.67 bits per heavy atom. The van der Waals surface area contributed by atoms with Crippen molar-refractivity contribution in [3.63, 3.8) is 0 Å². The fraction of sp³-hybridized carbons (Fsp3) is 0.115. The van der Waals surface area contributed by atoms with Crippen molar-refractivity contribution < 1.29 is 13.6 Å². The smallest absolute Gasteiger partial charge is 0.187 e. The molecule has 0 aliphatic carbocycles. The zero-order valence-corrected chi connectivity index (χ0v) is 16.4. The van der Waals surface area contributed by atoms with E-state index in [0.29, 0.717) is 41.9 Å². The van der Waals surface area contributed by atoms with Crippen LogP contribution in [0, 0.1) is 11.6 Å². The van der Waals surface area contributed by atoms with Gasteiger partial charge < -0.3 is 0 Å². The van der Waals surface area contributed by atoms with E-state index < -0.39 is 0 Å². The van der Waals surface area contributed by atoms with Crippen LogP contribution in [0.2, 0.25) is 0 Å². The van der Waals surface area contributed by atoms with Crippen LogP contribution in [0.15, 0.2) is 90.0 Å². The molecular formula is C26H21F2NO. The molecule has 1 heterocycles. The Kier molecular flexibility index (Phi) is 5.96. The van der Waals surface area contributed by atoms with Gasteiger partial charge in [-0.15, -0.1) is 0 Å². The van der Waals surface area contributed by atoms with Gasteiger partial charge in [0.15, 0.2) is 5.78 Å². The highest BCUT2D eigenvalue weighted by Crippen LogP contribution is 2.25. The predicted octanol–water partition coefficient (Wildman–Crippen LogP) is 5.52. The molecule has 150 valence electrons. The Balaban J connectivity index is 1.71. The highest BCUT2D eigenvalue weighted by atomic mass is 19.1. The molecule has 0 saturated carbocycles. The fourth-order valence-electron chi connectivity index (χ4n) is 3.62. The van der Waals surface area contributed by atoms with Crippen LogP contribution < -0.4 is 0 Å². The number of carbonyl (C=O) groups is 1. The van der Waals surface area contributed by atoms with E-state index in [1.165, 1.54) is 12.1 Å². The van der Waals surface area contributed by atoms with Crippen molar-refractivity contribution in [1.82, 2.24) is 4.90 Å². The van der Waals surface area contributed by atoms with Crippen molar-refractivity contribution in [2.75, 3.05) is 13.1 Å². The lowest BCUT2D eigenvalue weighted by Gasteiger charge is -2.30. The van der Waals surface area contributed by atoms with E-state index in [0.717, 1.165) is 5.56 Å². The molecule has 0 unspecified atom stereocenters. The van der Waals surface area contributed by atoms with E-state index in [-0.39, 0.29) is 17.4 Å². The Hall–Kier alpha value is -3.37. The number of ketones is 1. The maximum Gasteiger partial charge on any atom is 0.187 e. The van der Waals surface area contributed by atoms with E-state index >= 15 is 0 Å². The quantitative estimate of drug-likeness (QED) is 0.537. The van der Waals surface area contributed by atoms with Gasteiger partial charge in [0.2, 0.25) is 0 Å². The second-order valence-electron chi connectivity index (χ2n) is 7.34. The number of carbonyl (C=O) groups excluding carboxylic acids is 1. The molecule has 30 heavy (non-hydrogen) atoms. The zero-order chi connectivity index (χ0) is 20.9. The van der Waals surface area contributed by atoms with Crippen molar-refractivity contribution in [2.24, 2.45) is 0 Å². The third-order valence-electron chi connectivity index (χ3n) is 5.09. The molecule has 2 nitrogen and oxygen atoms in total. The summed E-state index contributed by atoms with van der Waals surface area (Å²) in [5.41, 5.74) is 2.83. The summed E-state index contributed by atoms with van der Waals surface area (Å²) in [7, 11) is 0. The first kappa shape index (κ1) is 19.9. The normalized spacial score (nSPS) is 17.6. The molecule has 0 spiro atoms. The van der Waals surface area contributed by atoms with Gasteiger partial charge in [0.1, 0.15) is 11.6 Å². The van der Waals surface area contributed by atoms with Crippen LogP contribution in [0.3, 0.4) is 0 Å². The van der Waals surface area contributed by atoms with Crippen molar-refractivity contribution in [2.45, 2.75) is 6.54 Å². The van der Waals surface area contributed by atoms with Gasteiger partial charge in [-0.25, -0.2) is 8.78 Å². The summed E-state index contributed by atoms with van der Waals surface area (Å²) in [4.78, 5) is 15.3. The standard InChI is InChI=1S/C26H21F2NO/c27-24-12-6-4-10-20(24)14-22-17-29(16-19-8-2-1-3-9-19)18-23(26(22)30)15-21-11-5-7-13-25(21)28/h1-15H,16-18H2/b22-14-,23-15+. The van der Waals surface area contributed by atoms with Gasteiger partial charge in [0, 0.05) is 41.9 Å². The average Bonchev–Trinajstić information content (AvgIpc) is 2.75. The predicted molar refractivity (Wildman–Crippen MR) is 115 cm³/mol. The number of rotatable bonds is 4. The summed E-state index contributed by atoms with van der Waals surface area (Å²) < 4.78 is 28.4. The molecule has 1 aliphatic rings. The molecule has 4 heteroatoms. The van der Waals surface area contributed by atoms with Gasteiger partial charge in [0.25, 0.3) is 0 Å². The lowest BCUT2D eigenvalue weighted by Crippen LogP contribution is -2.37. The van der Waals surface area contributed by atoms with Crippen molar-refractivity contribution in [3.8, 4) is 0 Å². The third-order valence-corrected chi connectivity index (χ3v) is 5.09. The molecule has 3 aromatic carbocycles. The highest BCUT2D eigenvalue weighted by Gasteiger charge is 2.26. The maximum absolute atomic E-state index is 14.2. The fourth-order valence-corrected chi connectivity index (χ4v) is 3.62. The van der Waals surface area contributed by atoms with Crippen LogP contribution in [0.5, 0.6) is 0 Å². The van der Waals surface area contributed by atoms with Crippen LogP contribution in [0.4, 0.5) is 8.78 Å². The third kappa shape index (κ3) is 4.61. The van der Waals surface area contributed by atoms with E-state index in [1.807, 2.05) is 30.3 Å². The monoisotopic (exact) mass is 401 g/mol. The molecule has 4 rings (SSSR count). The first-order valence-electron chi connectivity index (χ1n) is 9.81. The molecule has 1 aliphatic heterocycles. The molecule has 0 aromatic heterocycles. The molecular weight excluding hydrogens is 380 g/mol. The van der Waals surface area contributed by atoms with E-state index in [1.54, 1.807) is 48.6 Å². The zero-order valence-electron chi connectivity index (χ0n) is 16.4. The first-order chi connectivity index (χ1) is 14.6. The van der Waals surface area contributed by atoms with Gasteiger partial charge in [-0.2, -0.15) is 0 Å². The number of benzene rings is 3. The lowest BCUT2D eigenvalue weighted by molar-refractivity contribution is -0.113. The Labute approximate surface area is 174 Å². The molecule has 0 radical (unpaired) electrons. The van der Waals surface area contributed by atoms with E-state index in [4.69, 9.17) is 0 Å². The minimum atomic E-state index is -0.377. The summed E-state index contributed by atoms with van der Waals surface area (Å²) in [6, 6.07) is 22.7. The summed E-state index contributed by atoms with van der Waals surface area (Å²) in [6.07, 6.45) is 3.20. The summed E-state index contributed by atoms with van der Waals surface area (Å²) in [5, 5.41) is 0. The van der Waals surface area contributed by atoms with Gasteiger partial charge in [-0.05, 0) is 29.8 Å². The second-order valence-corrected chi connectivity index (χ2v) is 7.34. The first-order valence-corrected chi connectivity index (χ1v) is 9.81. The van der Waals surface area contributed by atoms with Crippen molar-refractivity contribution >= 4 is 17.9 Å². The summed E-state index contributed by atoms with van der Waals surface area (Å²) in [6.45, 7) is 1.44. The number of nitrogens with zero attached hydrogens (tertiary/aromatic N) is 1. The second kappa shape index (κ2) is 8.97. The number of likely N-dealkylation sites (tertiary alicyclic amines) is 1. The maximum atomic E-state index is 14.2. The van der Waals surface area contributed by atoms with Crippen LogP contribution in [0.1, 0.15) is 16.7 Å².